The van der Waals surface area contributed by atoms with Crippen molar-refractivity contribution in [3.63, 3.8) is 0 Å². The standard InChI is InChI=1S/C31H25F3N2O2/c1-18-2-4-21(5-3-18)29-30(35-17-36-31(29)38)23(10-19-11-25(33)15-26(34)12-19)14-27(37)13-22-7-6-20-8-9-24(32)16-28(20)22/h2-5,7-9,11-12,15-17,23H,6,10,13-14H2,1H3,(H,35,36,38). The van der Waals surface area contributed by atoms with Crippen molar-refractivity contribution < 1.29 is 18.0 Å². The lowest BCUT2D eigenvalue weighted by molar-refractivity contribution is -0.118. The van der Waals surface area contributed by atoms with E-state index < -0.39 is 17.6 Å². The molecule has 1 unspecified atom stereocenters. The number of rotatable bonds is 8. The Balaban J connectivity index is 1.50. The van der Waals surface area contributed by atoms with Crippen LogP contribution in [0.2, 0.25) is 0 Å². The molecule has 4 nitrogen and oxygen atoms in total. The van der Waals surface area contributed by atoms with Crippen molar-refractivity contribution in [1.82, 2.24) is 9.97 Å². The van der Waals surface area contributed by atoms with Gasteiger partial charge >= 0.3 is 0 Å². The van der Waals surface area contributed by atoms with E-state index >= 15 is 0 Å². The highest BCUT2D eigenvalue weighted by atomic mass is 19.1. The maximum Gasteiger partial charge on any atom is 0.258 e. The molecule has 38 heavy (non-hydrogen) atoms. The number of Topliss-reactive ketones (excluding diaryl/α,β-unsaturated/α-hetero) is 1. The fraction of sp³-hybridized carbons (Fsp3) is 0.194. The second kappa shape index (κ2) is 10.6. The van der Waals surface area contributed by atoms with Crippen molar-refractivity contribution >= 4 is 11.4 Å². The molecule has 0 radical (unpaired) electrons. The van der Waals surface area contributed by atoms with Crippen LogP contribution in [-0.4, -0.2) is 15.8 Å². The van der Waals surface area contributed by atoms with Crippen LogP contribution in [0.3, 0.4) is 0 Å². The van der Waals surface area contributed by atoms with E-state index in [1.54, 1.807) is 18.2 Å². The molecule has 0 spiro atoms. The third-order valence-corrected chi connectivity index (χ3v) is 6.86. The van der Waals surface area contributed by atoms with Gasteiger partial charge in [0.2, 0.25) is 0 Å². The number of nitrogens with zero attached hydrogens (tertiary/aromatic N) is 1. The van der Waals surface area contributed by atoms with Crippen molar-refractivity contribution in [2.24, 2.45) is 0 Å². The molecule has 0 bridgehead atoms. The van der Waals surface area contributed by atoms with Crippen molar-refractivity contribution in [2.75, 3.05) is 0 Å². The molecule has 1 aliphatic carbocycles. The summed E-state index contributed by atoms with van der Waals surface area (Å²) in [5.41, 5.74) is 4.74. The van der Waals surface area contributed by atoms with E-state index in [1.807, 2.05) is 25.1 Å². The number of H-pyrrole nitrogens is 1. The summed E-state index contributed by atoms with van der Waals surface area (Å²) in [6.07, 6.45) is 3.97. The molecule has 0 fully saturated rings. The number of aromatic nitrogens is 2. The zero-order chi connectivity index (χ0) is 26.8. The first-order valence-electron chi connectivity index (χ1n) is 12.4. The lowest BCUT2D eigenvalue weighted by Gasteiger charge is -2.19. The Bertz CT molecular complexity index is 1590. The Labute approximate surface area is 217 Å². The van der Waals surface area contributed by atoms with Crippen LogP contribution in [-0.2, 0) is 17.6 Å². The van der Waals surface area contributed by atoms with Gasteiger partial charge in [0.15, 0.2) is 0 Å². The summed E-state index contributed by atoms with van der Waals surface area (Å²) in [6.45, 7) is 1.93. The highest BCUT2D eigenvalue weighted by molar-refractivity contribution is 5.92. The quantitative estimate of drug-likeness (QED) is 0.293. The second-order valence-electron chi connectivity index (χ2n) is 9.69. The number of fused-ring (bicyclic) bond motifs is 1. The first-order chi connectivity index (χ1) is 18.3. The van der Waals surface area contributed by atoms with Crippen LogP contribution in [0.15, 0.2) is 77.9 Å². The summed E-state index contributed by atoms with van der Waals surface area (Å²) in [5.74, 6) is -2.59. The Morgan fingerprint density at radius 3 is 2.45 bits per heavy atom. The number of halogens is 3. The maximum atomic E-state index is 14.0. The molecule has 5 rings (SSSR count). The van der Waals surface area contributed by atoms with Gasteiger partial charge in [0.25, 0.3) is 5.56 Å². The molecule has 7 heteroatoms. The number of nitrogens with one attached hydrogen (secondary N) is 1. The van der Waals surface area contributed by atoms with Gasteiger partial charge < -0.3 is 4.98 Å². The monoisotopic (exact) mass is 514 g/mol. The van der Waals surface area contributed by atoms with E-state index in [0.29, 0.717) is 28.8 Å². The summed E-state index contributed by atoms with van der Waals surface area (Å²) in [7, 11) is 0. The van der Waals surface area contributed by atoms with Gasteiger partial charge in [-0.1, -0.05) is 42.0 Å². The third kappa shape index (κ3) is 5.52. The van der Waals surface area contributed by atoms with E-state index in [9.17, 15) is 22.8 Å². The number of allylic oxidation sites excluding steroid dienone is 2. The molecule has 4 aromatic rings. The molecule has 0 aliphatic heterocycles. The zero-order valence-corrected chi connectivity index (χ0v) is 20.7. The Kier molecular flexibility index (Phi) is 7.09. The summed E-state index contributed by atoms with van der Waals surface area (Å²) in [6, 6.07) is 15.1. The fourth-order valence-electron chi connectivity index (χ4n) is 5.10. The summed E-state index contributed by atoms with van der Waals surface area (Å²) in [4.78, 5) is 33.4. The molecule has 1 heterocycles. The Morgan fingerprint density at radius 2 is 1.71 bits per heavy atom. The van der Waals surface area contributed by atoms with Crippen LogP contribution < -0.4 is 5.56 Å². The molecule has 192 valence electrons. The molecule has 1 atom stereocenters. The lowest BCUT2D eigenvalue weighted by Crippen LogP contribution is -2.19. The van der Waals surface area contributed by atoms with Crippen LogP contribution in [0.25, 0.3) is 16.7 Å². The minimum absolute atomic E-state index is 0.0184. The van der Waals surface area contributed by atoms with Crippen LogP contribution in [0, 0.1) is 24.4 Å². The fourth-order valence-corrected chi connectivity index (χ4v) is 5.10. The van der Waals surface area contributed by atoms with Crippen LogP contribution >= 0.6 is 0 Å². The van der Waals surface area contributed by atoms with Crippen molar-refractivity contribution in [3.05, 3.63) is 129 Å². The van der Waals surface area contributed by atoms with Gasteiger partial charge in [0.05, 0.1) is 17.6 Å². The molecular formula is C31H25F3N2O2. The van der Waals surface area contributed by atoms with Gasteiger partial charge in [-0.2, -0.15) is 0 Å². The Morgan fingerprint density at radius 1 is 0.974 bits per heavy atom. The number of hydrogen-bond donors (Lipinski definition) is 1. The summed E-state index contributed by atoms with van der Waals surface area (Å²) < 4.78 is 41.9. The molecule has 1 aromatic heterocycles. The minimum atomic E-state index is -0.725. The first kappa shape index (κ1) is 25.4. The first-order valence-corrected chi connectivity index (χ1v) is 12.4. The highest BCUT2D eigenvalue weighted by Crippen LogP contribution is 2.34. The van der Waals surface area contributed by atoms with Crippen molar-refractivity contribution in [1.29, 1.82) is 0 Å². The van der Waals surface area contributed by atoms with E-state index in [-0.39, 0.29) is 36.4 Å². The van der Waals surface area contributed by atoms with Gasteiger partial charge in [-0.3, -0.25) is 9.59 Å². The molecule has 1 N–H and O–H groups in total. The Hall–Kier alpha value is -4.26. The molecule has 0 saturated carbocycles. The average Bonchev–Trinajstić information content (AvgIpc) is 3.25. The second-order valence-corrected chi connectivity index (χ2v) is 9.69. The molecule has 3 aromatic carbocycles. The largest absolute Gasteiger partial charge is 0.313 e. The topological polar surface area (TPSA) is 62.8 Å². The number of hydrogen-bond acceptors (Lipinski definition) is 3. The number of carbonyl (C=O) groups is 1. The summed E-state index contributed by atoms with van der Waals surface area (Å²) >= 11 is 0. The SMILES string of the molecule is Cc1ccc(-c2c(C(CC(=O)CC3=CCc4ccc(F)cc43)Cc3cc(F)cc(F)c3)nc[nH]c2=O)cc1. The van der Waals surface area contributed by atoms with Gasteiger partial charge in [0, 0.05) is 24.8 Å². The molecule has 0 amide bonds. The van der Waals surface area contributed by atoms with Gasteiger partial charge in [-0.05, 0) is 71.9 Å². The summed E-state index contributed by atoms with van der Waals surface area (Å²) in [5, 5.41) is 0. The zero-order valence-electron chi connectivity index (χ0n) is 20.7. The van der Waals surface area contributed by atoms with E-state index in [1.165, 1.54) is 30.6 Å². The predicted octanol–water partition coefficient (Wildman–Crippen LogP) is 6.48. The van der Waals surface area contributed by atoms with Gasteiger partial charge in [-0.15, -0.1) is 0 Å². The van der Waals surface area contributed by atoms with Crippen LogP contribution in [0.1, 0.15) is 46.7 Å². The van der Waals surface area contributed by atoms with Crippen LogP contribution in [0.5, 0.6) is 0 Å². The third-order valence-electron chi connectivity index (χ3n) is 6.86. The molecule has 0 saturated heterocycles. The molecule has 1 aliphatic rings. The predicted molar refractivity (Wildman–Crippen MR) is 140 cm³/mol. The van der Waals surface area contributed by atoms with Gasteiger partial charge in [0.1, 0.15) is 23.2 Å². The minimum Gasteiger partial charge on any atom is -0.313 e. The number of carbonyl (C=O) groups excluding carboxylic acids is 1. The normalized spacial score (nSPS) is 13.2. The number of aromatic amines is 1. The van der Waals surface area contributed by atoms with E-state index in [0.717, 1.165) is 28.3 Å². The smallest absolute Gasteiger partial charge is 0.258 e. The maximum absolute atomic E-state index is 14.0. The van der Waals surface area contributed by atoms with E-state index in [2.05, 4.69) is 9.97 Å². The number of aryl methyl sites for hydroxylation is 1. The van der Waals surface area contributed by atoms with Crippen molar-refractivity contribution in [2.45, 2.75) is 38.5 Å². The molecular weight excluding hydrogens is 489 g/mol. The number of benzene rings is 3. The van der Waals surface area contributed by atoms with Crippen molar-refractivity contribution in [3.8, 4) is 11.1 Å². The van der Waals surface area contributed by atoms with Gasteiger partial charge in [-0.25, -0.2) is 18.2 Å². The number of ketones is 1. The van der Waals surface area contributed by atoms with Crippen LogP contribution in [0.4, 0.5) is 13.2 Å². The average molecular weight is 515 g/mol. The lowest BCUT2D eigenvalue weighted by atomic mass is 9.86. The highest BCUT2D eigenvalue weighted by Gasteiger charge is 2.26. The van der Waals surface area contributed by atoms with E-state index in [4.69, 9.17) is 0 Å².